The molecule has 1 aromatic heterocycles. The second-order valence-electron chi connectivity index (χ2n) is 22.0. The first-order valence-electron chi connectivity index (χ1n) is 28.3. The zero-order valence-electron chi connectivity index (χ0n) is 49.4. The molecule has 1 aromatic carbocycles. The molecule has 2 aromatic rings. The number of rotatable bonds is 19. The van der Waals surface area contributed by atoms with Gasteiger partial charge in [0.05, 0.1) is 58.8 Å². The number of aromatic nitrogens is 2. The fourth-order valence-corrected chi connectivity index (χ4v) is 11.7. The number of methoxy groups -OCH3 is 1. The molecular formula is C59H76N6O19S. The molecule has 1 saturated heterocycles. The van der Waals surface area contributed by atoms with Crippen LogP contribution >= 0.6 is 11.8 Å². The molecule has 85 heavy (non-hydrogen) atoms. The molecule has 5 heterocycles. The highest BCUT2D eigenvalue weighted by molar-refractivity contribution is 8.04. The number of ether oxygens (including phenoxy) is 7. The first-order chi connectivity index (χ1) is 40.3. The second-order valence-corrected chi connectivity index (χ2v) is 23.1. The number of aliphatic hydroxyl groups is 2. The largest absolute Gasteiger partial charge is 0.507 e. The summed E-state index contributed by atoms with van der Waals surface area (Å²) in [6, 6.07) is -0.764. The van der Waals surface area contributed by atoms with E-state index in [1.54, 1.807) is 33.8 Å². The maximum Gasteiger partial charge on any atom is 0.330 e. The van der Waals surface area contributed by atoms with Gasteiger partial charge in [-0.25, -0.2) is 4.79 Å². The van der Waals surface area contributed by atoms with Crippen LogP contribution in [0.4, 0.5) is 0 Å². The number of phenols is 1. The summed E-state index contributed by atoms with van der Waals surface area (Å²) in [7, 11) is 1.41. The SMILES string of the molecule is CO[C@H]1/C=C/O[C@@]2(C)Oc3c(C)c(O)c4c(c3C2=O)C(=O)C(SCCCCCCCOC(=O)CCCC(=O)OC[C@H]2O[C@@H](n3cc(C)c(=O)[nH]c3=O)C[C@@H]2N=[N+]=[N-])=C(NC(=O)/C(C)=C\C=C\[C@H](C)[C@H](O)[C@@H](C)[C@@H](O)[C@@H](C)[C@H](OC(C)=O)[C@@H]1C)C4=O. The number of esters is 3. The van der Waals surface area contributed by atoms with Crippen molar-refractivity contribution in [3.05, 3.63) is 112 Å². The molecule has 0 spiro atoms. The number of phenolic OH excluding ortho intramolecular Hbond substituents is 1. The van der Waals surface area contributed by atoms with Crippen molar-refractivity contribution in [3.63, 3.8) is 0 Å². The van der Waals surface area contributed by atoms with Crippen LogP contribution in [0.2, 0.25) is 0 Å². The summed E-state index contributed by atoms with van der Waals surface area (Å²) in [5.41, 5.74) is 6.50. The van der Waals surface area contributed by atoms with Gasteiger partial charge in [0.25, 0.3) is 17.2 Å². The molecule has 25 nitrogen and oxygen atoms in total. The number of unbranched alkanes of at least 4 members (excludes halogenated alkanes) is 4. The van der Waals surface area contributed by atoms with E-state index in [-0.39, 0.29) is 77.6 Å². The zero-order chi connectivity index (χ0) is 62.6. The van der Waals surface area contributed by atoms with Crippen molar-refractivity contribution in [2.75, 3.05) is 26.1 Å². The highest BCUT2D eigenvalue weighted by Gasteiger charge is 2.53. The Morgan fingerprint density at radius 3 is 2.25 bits per heavy atom. The third-order valence-corrected chi connectivity index (χ3v) is 16.9. The number of hydrogen-bond donors (Lipinski definition) is 5. The van der Waals surface area contributed by atoms with Crippen LogP contribution in [-0.2, 0) is 47.6 Å². The summed E-state index contributed by atoms with van der Waals surface area (Å²) in [6.07, 6.45) is 5.85. The van der Waals surface area contributed by atoms with Crippen LogP contribution in [0.5, 0.6) is 11.5 Å². The Hall–Kier alpha value is -7.35. The lowest BCUT2D eigenvalue weighted by atomic mass is 9.78. The number of fused-ring (bicyclic) bond motifs is 14. The maximum atomic E-state index is 14.9. The molecule has 5 N–H and O–H groups in total. The Bertz CT molecular complexity index is 3200. The number of benzene rings is 1. The number of nitrogens with one attached hydrogen (secondary N) is 2. The van der Waals surface area contributed by atoms with Crippen LogP contribution in [0.1, 0.15) is 155 Å². The van der Waals surface area contributed by atoms with Crippen LogP contribution in [0, 0.1) is 37.5 Å². The Labute approximate surface area is 495 Å². The number of hydrogen-bond acceptors (Lipinski definition) is 21. The molecule has 0 saturated carbocycles. The highest BCUT2D eigenvalue weighted by atomic mass is 32.2. The number of carbonyl (C=O) groups is 7. The number of azide groups is 1. The van der Waals surface area contributed by atoms with Gasteiger partial charge in [-0.1, -0.05) is 70.3 Å². The van der Waals surface area contributed by atoms with Gasteiger partial charge >= 0.3 is 29.4 Å². The molecule has 5 aliphatic rings. The number of aromatic hydroxyl groups is 1. The zero-order valence-corrected chi connectivity index (χ0v) is 50.2. The number of carbonyl (C=O) groups excluding carboxylic acids is 7. The van der Waals surface area contributed by atoms with E-state index in [1.807, 2.05) is 0 Å². The summed E-state index contributed by atoms with van der Waals surface area (Å²) in [4.78, 5) is 125. The van der Waals surface area contributed by atoms with Gasteiger partial charge in [-0.05, 0) is 57.4 Å². The molecule has 7 rings (SSSR count). The van der Waals surface area contributed by atoms with Crippen molar-refractivity contribution in [1.29, 1.82) is 0 Å². The van der Waals surface area contributed by atoms with Crippen molar-refractivity contribution in [2.45, 2.75) is 169 Å². The lowest BCUT2D eigenvalue weighted by molar-refractivity contribution is -0.160. The molecule has 0 unspecified atom stereocenters. The van der Waals surface area contributed by atoms with E-state index in [1.165, 1.54) is 70.7 Å². The smallest absolute Gasteiger partial charge is 0.330 e. The van der Waals surface area contributed by atoms with E-state index in [4.69, 9.17) is 38.7 Å². The first kappa shape index (κ1) is 66.8. The minimum absolute atomic E-state index is 0.0419. The number of thioether (sulfide) groups is 1. The van der Waals surface area contributed by atoms with E-state index in [0.29, 0.717) is 32.1 Å². The number of nitrogens with zero attached hydrogens (tertiary/aromatic N) is 4. The quantitative estimate of drug-likeness (QED) is 0.0243. The predicted molar refractivity (Wildman–Crippen MR) is 307 cm³/mol. The topological polar surface area (TPSA) is 360 Å². The Morgan fingerprint density at radius 2 is 1.56 bits per heavy atom. The number of aryl methyl sites for hydroxylation is 1. The van der Waals surface area contributed by atoms with Crippen LogP contribution in [0.15, 0.2) is 67.6 Å². The predicted octanol–water partition coefficient (Wildman–Crippen LogP) is 6.72. The van der Waals surface area contributed by atoms with E-state index in [0.717, 1.165) is 18.0 Å². The number of aromatic amines is 1. The summed E-state index contributed by atoms with van der Waals surface area (Å²) in [5.74, 6) is -10.5. The summed E-state index contributed by atoms with van der Waals surface area (Å²) < 4.78 is 41.3. The molecule has 26 heteroatoms. The van der Waals surface area contributed by atoms with Crippen molar-refractivity contribution < 1.29 is 82.0 Å². The van der Waals surface area contributed by atoms with Gasteiger partial charge in [0.15, 0.2) is 0 Å². The van der Waals surface area contributed by atoms with Crippen LogP contribution in [-0.4, -0.2) is 134 Å². The highest BCUT2D eigenvalue weighted by Crippen LogP contribution is 2.50. The van der Waals surface area contributed by atoms with Gasteiger partial charge < -0.3 is 53.8 Å². The lowest BCUT2D eigenvalue weighted by Gasteiger charge is -2.38. The standard InChI is InChI=1S/C59H76N6O19S/c1-29-18-16-19-30(2)56(75)61-46-50(72)44-43(45-53(35(7)49(44)71)84-59(9,55(45)74)81-24-22-38(78-10)32(4)52(82-36(8)66)34(6)48(70)33(5)47(29)69)51(73)54(46)85-25-15-13-11-12-14-23-79-41(67)20-17-21-42(68)80-28-39-37(63-64-60)26-40(83-39)65-27-31(3)57(76)62-58(65)77/h16,18-19,22,24,27,29,32-34,37-40,47-48,52,69-71H,11-15,17,20-21,23,25-26,28H2,1-10H3,(H,61,75)(H,62,76,77)/b18-16+,24-22+,30-19-/t29-,32+,33+,34+,37-,38-,39+,40+,47-,48+,52+,59-/m0/s1. The number of ketones is 3. The third kappa shape index (κ3) is 15.8. The summed E-state index contributed by atoms with van der Waals surface area (Å²) in [5, 5.41) is 41.0. The number of Topliss-reactive ketones (excluding diaryl/α,β-unsaturated/α-hetero) is 3. The van der Waals surface area contributed by atoms with Crippen LogP contribution in [0.3, 0.4) is 0 Å². The van der Waals surface area contributed by atoms with Crippen LogP contribution in [0.25, 0.3) is 10.4 Å². The van der Waals surface area contributed by atoms with Gasteiger partial charge in [0, 0.05) is 91.7 Å². The van der Waals surface area contributed by atoms with Gasteiger partial charge in [0.2, 0.25) is 11.6 Å². The average Bonchev–Trinajstić information content (AvgIpc) is 1.72. The number of allylic oxidation sites excluding steroid dienone is 4. The third-order valence-electron chi connectivity index (χ3n) is 15.7. The molecule has 462 valence electrons. The molecular weight excluding hydrogens is 1130 g/mol. The Balaban J connectivity index is 1.08. The van der Waals surface area contributed by atoms with E-state index in [9.17, 15) is 58.5 Å². The normalized spacial score (nSPS) is 28.5. The van der Waals surface area contributed by atoms with E-state index < -0.39 is 147 Å². The number of H-pyrrole nitrogens is 1. The lowest BCUT2D eigenvalue weighted by Crippen LogP contribution is -2.46. The number of amides is 1. The first-order valence-corrected chi connectivity index (χ1v) is 29.2. The monoisotopic (exact) mass is 1200 g/mol. The Morgan fingerprint density at radius 1 is 0.882 bits per heavy atom. The molecule has 4 aliphatic heterocycles. The molecule has 1 fully saturated rings. The average molecular weight is 1210 g/mol. The fourth-order valence-electron chi connectivity index (χ4n) is 10.6. The van der Waals surface area contributed by atoms with Gasteiger partial charge in [0.1, 0.15) is 42.2 Å². The van der Waals surface area contributed by atoms with Crippen molar-refractivity contribution in [3.8, 4) is 11.5 Å². The molecule has 12 atom stereocenters. The van der Waals surface area contributed by atoms with E-state index in [2.05, 4.69) is 20.3 Å². The molecule has 1 amide bonds. The van der Waals surface area contributed by atoms with Crippen LogP contribution < -0.4 is 21.3 Å². The minimum Gasteiger partial charge on any atom is -0.507 e. The molecule has 1 aliphatic carbocycles. The van der Waals surface area contributed by atoms with Crippen molar-refractivity contribution in [1.82, 2.24) is 14.9 Å². The van der Waals surface area contributed by atoms with Gasteiger partial charge in [-0.2, -0.15) is 0 Å². The maximum absolute atomic E-state index is 14.9. The summed E-state index contributed by atoms with van der Waals surface area (Å²) >= 11 is 0.991. The molecule has 5 bridgehead atoms. The molecule has 0 radical (unpaired) electrons. The van der Waals surface area contributed by atoms with Crippen molar-refractivity contribution >= 4 is 52.9 Å². The van der Waals surface area contributed by atoms with Crippen molar-refractivity contribution in [2.24, 2.45) is 28.8 Å². The fraction of sp³-hybridized carbons (Fsp3) is 0.576. The second kappa shape index (κ2) is 29.6. The van der Waals surface area contributed by atoms with E-state index >= 15 is 0 Å². The van der Waals surface area contributed by atoms with Gasteiger partial charge in [-0.15, -0.1) is 11.8 Å². The van der Waals surface area contributed by atoms with Gasteiger partial charge in [-0.3, -0.25) is 47.9 Å². The summed E-state index contributed by atoms with van der Waals surface area (Å²) in [6.45, 7) is 13.6. The minimum atomic E-state index is -2.14. The Kier molecular flexibility index (Phi) is 23.3. The number of aliphatic hydroxyl groups excluding tert-OH is 2.